The van der Waals surface area contributed by atoms with E-state index < -0.39 is 17.7 Å². The highest BCUT2D eigenvalue weighted by Crippen LogP contribution is 2.33. The molecule has 4 rings (SSSR count). The molecule has 0 spiro atoms. The van der Waals surface area contributed by atoms with Crippen molar-refractivity contribution in [2.45, 2.75) is 57.7 Å². The highest BCUT2D eigenvalue weighted by atomic mass is 16.6. The molecule has 1 fully saturated rings. The summed E-state index contributed by atoms with van der Waals surface area (Å²) in [6, 6.07) is 11.0. The van der Waals surface area contributed by atoms with Gasteiger partial charge in [0.25, 0.3) is 0 Å². The fraction of sp³-hybridized carbons (Fsp3) is 0.407. The van der Waals surface area contributed by atoms with E-state index >= 15 is 0 Å². The van der Waals surface area contributed by atoms with E-state index in [-0.39, 0.29) is 12.1 Å². The van der Waals surface area contributed by atoms with E-state index in [0.717, 1.165) is 41.3 Å². The van der Waals surface area contributed by atoms with Gasteiger partial charge in [0, 0.05) is 23.2 Å². The van der Waals surface area contributed by atoms with Gasteiger partial charge in [-0.05, 0) is 75.9 Å². The van der Waals surface area contributed by atoms with E-state index in [1.54, 1.807) is 25.4 Å². The van der Waals surface area contributed by atoms with Crippen LogP contribution >= 0.6 is 0 Å². The summed E-state index contributed by atoms with van der Waals surface area (Å²) in [7, 11) is 2.91. The maximum Gasteiger partial charge on any atom is 0.407 e. The highest BCUT2D eigenvalue weighted by molar-refractivity contribution is 5.92. The number of nitrogens with zero attached hydrogens (tertiary/aromatic N) is 2. The van der Waals surface area contributed by atoms with Crippen molar-refractivity contribution in [3.63, 3.8) is 0 Å². The van der Waals surface area contributed by atoms with Gasteiger partial charge in [-0.3, -0.25) is 0 Å². The largest absolute Gasteiger partial charge is 0.496 e. The lowest BCUT2D eigenvalue weighted by Crippen LogP contribution is -2.45. The number of carbonyl (C=O) groups excluding carboxylic acids is 2. The van der Waals surface area contributed by atoms with Crippen molar-refractivity contribution in [1.82, 2.24) is 15.3 Å². The van der Waals surface area contributed by atoms with Gasteiger partial charge in [-0.2, -0.15) is 0 Å². The number of benzene rings is 2. The molecule has 0 aliphatic heterocycles. The zero-order valence-electron chi connectivity index (χ0n) is 21.3. The Morgan fingerprint density at radius 3 is 2.53 bits per heavy atom. The summed E-state index contributed by atoms with van der Waals surface area (Å²) in [5, 5.41) is 7.22. The van der Waals surface area contributed by atoms with Crippen LogP contribution in [0.2, 0.25) is 0 Å². The SMILES string of the molecule is COC(=O)c1ccc(-c2ccc3nc(N[C@@H]4CCC[C@@H]4NC(=O)OC(C)(C)C)ncc3c2)c(OC)c1. The lowest BCUT2D eigenvalue weighted by atomic mass is 10.0. The van der Waals surface area contributed by atoms with Crippen LogP contribution in [-0.4, -0.2) is 53.9 Å². The van der Waals surface area contributed by atoms with Crippen molar-refractivity contribution >= 4 is 28.9 Å². The Morgan fingerprint density at radius 2 is 1.81 bits per heavy atom. The standard InChI is InChI=1S/C27H32N4O5/c1-27(2,3)36-26(33)31-22-8-6-7-21(22)30-25-28-15-18-13-16(10-12-20(18)29-25)19-11-9-17(24(32)35-5)14-23(19)34-4/h9-15,21-22H,6-8H2,1-5H3,(H,31,33)(H,28,29,30)/t21-,22+/m1/s1. The summed E-state index contributed by atoms with van der Waals surface area (Å²) < 4.78 is 15.7. The second-order valence-electron chi connectivity index (χ2n) is 9.81. The Kier molecular flexibility index (Phi) is 7.28. The Balaban J connectivity index is 1.51. The number of carbonyl (C=O) groups is 2. The number of hydrogen-bond acceptors (Lipinski definition) is 8. The van der Waals surface area contributed by atoms with Crippen LogP contribution in [0.25, 0.3) is 22.0 Å². The normalized spacial score (nSPS) is 17.5. The van der Waals surface area contributed by atoms with Gasteiger partial charge < -0.3 is 24.8 Å². The third-order valence-electron chi connectivity index (χ3n) is 6.05. The molecule has 1 saturated carbocycles. The zero-order chi connectivity index (χ0) is 25.9. The number of anilines is 1. The number of hydrogen-bond donors (Lipinski definition) is 2. The zero-order valence-corrected chi connectivity index (χ0v) is 21.3. The van der Waals surface area contributed by atoms with Crippen LogP contribution in [0.1, 0.15) is 50.4 Å². The number of methoxy groups -OCH3 is 2. The second-order valence-corrected chi connectivity index (χ2v) is 9.81. The van der Waals surface area contributed by atoms with Crippen molar-refractivity contribution in [3.8, 4) is 16.9 Å². The molecule has 0 radical (unpaired) electrons. The summed E-state index contributed by atoms with van der Waals surface area (Å²) in [6.07, 6.45) is 4.12. The van der Waals surface area contributed by atoms with Crippen molar-refractivity contribution in [1.29, 1.82) is 0 Å². The van der Waals surface area contributed by atoms with Crippen molar-refractivity contribution < 1.29 is 23.8 Å². The minimum Gasteiger partial charge on any atom is -0.496 e. The molecule has 2 N–H and O–H groups in total. The molecule has 2 atom stereocenters. The van der Waals surface area contributed by atoms with E-state index in [2.05, 4.69) is 20.6 Å². The summed E-state index contributed by atoms with van der Waals surface area (Å²) in [5.41, 5.74) is 2.42. The minimum atomic E-state index is -0.542. The minimum absolute atomic E-state index is 0.0202. The quantitative estimate of drug-likeness (QED) is 0.465. The molecule has 2 aromatic carbocycles. The van der Waals surface area contributed by atoms with Crippen molar-refractivity contribution in [2.75, 3.05) is 19.5 Å². The molecular formula is C27H32N4O5. The molecule has 1 heterocycles. The van der Waals surface area contributed by atoms with Gasteiger partial charge in [-0.15, -0.1) is 0 Å². The first-order valence-electron chi connectivity index (χ1n) is 12.0. The number of fused-ring (bicyclic) bond motifs is 1. The maximum absolute atomic E-state index is 12.2. The molecule has 190 valence electrons. The number of rotatable bonds is 6. The predicted octanol–water partition coefficient (Wildman–Crippen LogP) is 4.95. The number of esters is 1. The van der Waals surface area contributed by atoms with Gasteiger partial charge in [0.05, 0.1) is 31.3 Å². The molecular weight excluding hydrogens is 460 g/mol. The average molecular weight is 493 g/mol. The van der Waals surface area contributed by atoms with Crippen molar-refractivity contribution in [3.05, 3.63) is 48.2 Å². The molecule has 1 aliphatic rings. The highest BCUT2D eigenvalue weighted by Gasteiger charge is 2.30. The van der Waals surface area contributed by atoms with Gasteiger partial charge in [0.2, 0.25) is 5.95 Å². The van der Waals surface area contributed by atoms with Gasteiger partial charge in [-0.1, -0.05) is 6.07 Å². The monoisotopic (exact) mass is 492 g/mol. The Labute approximate surface area is 210 Å². The van der Waals surface area contributed by atoms with Gasteiger partial charge in [0.1, 0.15) is 11.4 Å². The molecule has 1 aliphatic carbocycles. The lowest BCUT2D eigenvalue weighted by molar-refractivity contribution is 0.0502. The van der Waals surface area contributed by atoms with E-state index in [9.17, 15) is 9.59 Å². The summed E-state index contributed by atoms with van der Waals surface area (Å²) in [5.74, 6) is 0.664. The van der Waals surface area contributed by atoms with E-state index in [1.807, 2.05) is 45.0 Å². The van der Waals surface area contributed by atoms with Gasteiger partial charge in [0.15, 0.2) is 0 Å². The molecule has 9 nitrogen and oxygen atoms in total. The summed E-state index contributed by atoms with van der Waals surface area (Å²) >= 11 is 0. The van der Waals surface area contributed by atoms with Gasteiger partial charge in [-0.25, -0.2) is 19.6 Å². The molecule has 0 unspecified atom stereocenters. The Bertz CT molecular complexity index is 1270. The third-order valence-corrected chi connectivity index (χ3v) is 6.05. The molecule has 3 aromatic rings. The van der Waals surface area contributed by atoms with Gasteiger partial charge >= 0.3 is 12.1 Å². The van der Waals surface area contributed by atoms with E-state index in [1.165, 1.54) is 7.11 Å². The first-order chi connectivity index (χ1) is 17.2. The van der Waals surface area contributed by atoms with Crippen LogP contribution in [0.5, 0.6) is 5.75 Å². The first-order valence-corrected chi connectivity index (χ1v) is 12.0. The predicted molar refractivity (Wildman–Crippen MR) is 137 cm³/mol. The van der Waals surface area contributed by atoms with Crippen LogP contribution in [-0.2, 0) is 9.47 Å². The second kappa shape index (κ2) is 10.4. The molecule has 1 aromatic heterocycles. The lowest BCUT2D eigenvalue weighted by Gasteiger charge is -2.25. The van der Waals surface area contributed by atoms with Crippen LogP contribution in [0, 0.1) is 0 Å². The summed E-state index contributed by atoms with van der Waals surface area (Å²) in [6.45, 7) is 5.54. The van der Waals surface area contributed by atoms with Crippen LogP contribution in [0.4, 0.5) is 10.7 Å². The number of alkyl carbamates (subject to hydrolysis) is 1. The van der Waals surface area contributed by atoms with Crippen molar-refractivity contribution in [2.24, 2.45) is 0 Å². The number of amides is 1. The number of nitrogens with one attached hydrogen (secondary N) is 2. The maximum atomic E-state index is 12.2. The molecule has 0 saturated heterocycles. The van der Waals surface area contributed by atoms with E-state index in [4.69, 9.17) is 14.2 Å². The summed E-state index contributed by atoms with van der Waals surface area (Å²) in [4.78, 5) is 33.3. The average Bonchev–Trinajstić information content (AvgIpc) is 3.27. The third kappa shape index (κ3) is 5.84. The molecule has 9 heteroatoms. The topological polar surface area (TPSA) is 112 Å². The fourth-order valence-electron chi connectivity index (χ4n) is 4.38. The van der Waals surface area contributed by atoms with Crippen LogP contribution in [0.3, 0.4) is 0 Å². The van der Waals surface area contributed by atoms with Crippen LogP contribution in [0.15, 0.2) is 42.6 Å². The fourth-order valence-corrected chi connectivity index (χ4v) is 4.38. The molecule has 36 heavy (non-hydrogen) atoms. The number of ether oxygens (including phenoxy) is 3. The molecule has 1 amide bonds. The first kappa shape index (κ1) is 25.2. The van der Waals surface area contributed by atoms with E-state index in [0.29, 0.717) is 17.3 Å². The smallest absolute Gasteiger partial charge is 0.407 e. The van der Waals surface area contributed by atoms with Crippen LogP contribution < -0.4 is 15.4 Å². The number of aromatic nitrogens is 2. The Hall–Kier alpha value is -3.88. The Morgan fingerprint density at radius 1 is 1.03 bits per heavy atom. The molecule has 0 bridgehead atoms.